The van der Waals surface area contributed by atoms with Crippen LogP contribution in [0.3, 0.4) is 0 Å². The van der Waals surface area contributed by atoms with Crippen LogP contribution >= 0.6 is 23.4 Å². The summed E-state index contributed by atoms with van der Waals surface area (Å²) in [5.41, 5.74) is 5.34. The number of nitrogens with one attached hydrogen (secondary N) is 4. The molecule has 21 nitrogen and oxygen atoms in total. The van der Waals surface area contributed by atoms with E-state index in [1.54, 1.807) is 41.4 Å². The van der Waals surface area contributed by atoms with Crippen molar-refractivity contribution in [3.63, 3.8) is 0 Å². The lowest BCUT2D eigenvalue weighted by Gasteiger charge is -2.39. The van der Waals surface area contributed by atoms with Crippen LogP contribution in [-0.4, -0.2) is 138 Å². The number of ether oxygens (including phenoxy) is 1. The van der Waals surface area contributed by atoms with Crippen LogP contribution in [0, 0.1) is 21.4 Å². The molecule has 4 N–H and O–H groups in total. The zero-order valence-corrected chi connectivity index (χ0v) is 49.2. The minimum absolute atomic E-state index is 0.00104. The number of nitrogens with zero attached hydrogens (tertiary/aromatic N) is 6. The molecule has 2 aromatic heterocycles. The molecule has 442 valence electrons. The summed E-state index contributed by atoms with van der Waals surface area (Å²) < 4.78 is 36.5. The number of pyridine rings is 1. The number of rotatable bonds is 18. The molecule has 6 aromatic rings. The summed E-state index contributed by atoms with van der Waals surface area (Å²) in [5, 5.41) is 19.3. The van der Waals surface area contributed by atoms with E-state index < -0.39 is 61.1 Å². The van der Waals surface area contributed by atoms with Gasteiger partial charge in [-0.05, 0) is 122 Å². The first-order valence-electron chi connectivity index (χ1n) is 28.3. The molecule has 6 amide bonds. The number of halogens is 1. The fourth-order valence-corrected chi connectivity index (χ4v) is 14.0. The van der Waals surface area contributed by atoms with Gasteiger partial charge in [0, 0.05) is 110 Å². The van der Waals surface area contributed by atoms with Crippen LogP contribution in [0.15, 0.2) is 119 Å². The molecule has 5 aliphatic rings. The molecule has 3 fully saturated rings. The van der Waals surface area contributed by atoms with Crippen LogP contribution in [0.4, 0.5) is 17.1 Å². The van der Waals surface area contributed by atoms with Gasteiger partial charge >= 0.3 is 0 Å². The van der Waals surface area contributed by atoms with Crippen molar-refractivity contribution in [2.75, 3.05) is 68.3 Å². The van der Waals surface area contributed by atoms with Crippen LogP contribution in [0.25, 0.3) is 16.6 Å². The summed E-state index contributed by atoms with van der Waals surface area (Å²) in [7, 11) is -4.70. The highest BCUT2D eigenvalue weighted by Crippen LogP contribution is 2.44. The van der Waals surface area contributed by atoms with Gasteiger partial charge in [-0.3, -0.25) is 54.0 Å². The highest BCUT2D eigenvalue weighted by Gasteiger charge is 2.46. The number of piperidine rings is 2. The largest absolute Gasteiger partial charge is 0.455 e. The second-order valence-electron chi connectivity index (χ2n) is 22.9. The fraction of sp³-hybridized carbons (Fsp3) is 0.361. The van der Waals surface area contributed by atoms with Gasteiger partial charge in [-0.1, -0.05) is 49.2 Å². The molecule has 0 bridgehead atoms. The number of nitro groups is 1. The van der Waals surface area contributed by atoms with E-state index in [-0.39, 0.29) is 76.9 Å². The topological polar surface area (TPSA) is 267 Å². The third-order valence-corrected chi connectivity index (χ3v) is 19.1. The predicted octanol–water partition coefficient (Wildman–Crippen LogP) is 9.06. The number of H-pyrrole nitrogens is 1. The SMILES string of the molecule is CC1(C)CCC(CN2CCN(c3ccc(C(=O)NS(=O)(=O)c4ccc(NCC5CCCN(C(=O)CCSc6cccc7c6C(=O)N(C6CCC(=O)NC6=O)C7=O)C5)c([N+](=O)[O-])c4)c(Oc4cnc5[nH]ccc5c4)c3)CC2)=C(c2ccc(Cl)cc2)C1. The summed E-state index contributed by atoms with van der Waals surface area (Å²) in [4.78, 5) is 105. The quantitative estimate of drug-likeness (QED) is 0.0270. The van der Waals surface area contributed by atoms with Crippen LogP contribution in [0.2, 0.25) is 5.02 Å². The van der Waals surface area contributed by atoms with Crippen molar-refractivity contribution >= 4 is 102 Å². The summed E-state index contributed by atoms with van der Waals surface area (Å²) in [6, 6.07) is 23.7. The first-order chi connectivity index (χ1) is 40.8. The van der Waals surface area contributed by atoms with Crippen molar-refractivity contribution < 1.29 is 46.8 Å². The molecule has 2 atom stereocenters. The van der Waals surface area contributed by atoms with Crippen LogP contribution in [0.5, 0.6) is 11.5 Å². The summed E-state index contributed by atoms with van der Waals surface area (Å²) >= 11 is 7.51. The number of carbonyl (C=O) groups is 6. The minimum Gasteiger partial charge on any atom is -0.455 e. The Morgan fingerprint density at radius 2 is 1.73 bits per heavy atom. The lowest BCUT2D eigenvalue weighted by atomic mass is 9.72. The average Bonchev–Trinajstić information content (AvgIpc) is 2.20. The standard InChI is InChI=1S/C61H63ClN10O11S2/c1-61(2)21-18-40(47(32-61)38-8-10-41(62)11-9-38)36-68-24-26-69(27-25-68)42-12-14-45(51(30-42)83-43-29-39-19-22-63-56(39)65-34-43)57(75)67-85(81,82)44-13-15-48(50(31-44)72(79)80)64-33-37-5-4-23-70(35-37)54(74)20-28-84-52-7-3-6-46-55(52)60(78)71(59(46)77)49-16-17-53(73)66-58(49)76/h3,6-15,19,22,29-31,34,37,49,64H,4-5,16-18,20-21,23-28,32-33,35-36H2,1-2H3,(H,63,65)(H,67,75)(H,66,73,76). The molecule has 0 radical (unpaired) electrons. The molecular formula is C61H63ClN10O11S2. The van der Waals surface area contributed by atoms with Crippen molar-refractivity contribution in [3.8, 4) is 11.5 Å². The zero-order chi connectivity index (χ0) is 59.7. The number of thioether (sulfide) groups is 1. The number of likely N-dealkylation sites (tertiary alicyclic amines) is 1. The molecule has 4 aromatic carbocycles. The van der Waals surface area contributed by atoms with E-state index in [0.717, 1.165) is 60.9 Å². The first kappa shape index (κ1) is 58.6. The van der Waals surface area contributed by atoms with Gasteiger partial charge in [-0.25, -0.2) is 18.1 Å². The Labute approximate surface area is 500 Å². The number of carbonyl (C=O) groups excluding carboxylic acids is 6. The van der Waals surface area contributed by atoms with Gasteiger partial charge in [0.1, 0.15) is 28.9 Å². The summed E-state index contributed by atoms with van der Waals surface area (Å²) in [5.74, 6) is -3.03. The number of hydrogen-bond donors (Lipinski definition) is 4. The maximum Gasteiger partial charge on any atom is 0.293 e. The average molecular weight is 1210 g/mol. The number of amides is 6. The minimum atomic E-state index is -4.70. The van der Waals surface area contributed by atoms with E-state index in [2.05, 4.69) is 61.1 Å². The maximum atomic E-state index is 14.2. The van der Waals surface area contributed by atoms with Gasteiger partial charge in [0.25, 0.3) is 33.4 Å². The molecule has 24 heteroatoms. The van der Waals surface area contributed by atoms with Gasteiger partial charge in [-0.15, -0.1) is 11.8 Å². The summed E-state index contributed by atoms with van der Waals surface area (Å²) in [6.07, 6.45) is 7.86. The van der Waals surface area contributed by atoms with E-state index in [0.29, 0.717) is 60.3 Å². The Morgan fingerprint density at radius 3 is 2.51 bits per heavy atom. The first-order valence-corrected chi connectivity index (χ1v) is 31.2. The normalized spacial score (nSPS) is 19.3. The molecule has 4 aliphatic heterocycles. The second kappa shape index (κ2) is 24.5. The molecule has 3 saturated heterocycles. The fourth-order valence-electron chi connectivity index (χ4n) is 11.9. The van der Waals surface area contributed by atoms with E-state index in [1.807, 2.05) is 18.2 Å². The van der Waals surface area contributed by atoms with Gasteiger partial charge < -0.3 is 24.8 Å². The van der Waals surface area contributed by atoms with Gasteiger partial charge in [-0.2, -0.15) is 0 Å². The van der Waals surface area contributed by atoms with Crippen LogP contribution in [-0.2, 0) is 24.4 Å². The maximum absolute atomic E-state index is 14.2. The number of benzene rings is 4. The third kappa shape index (κ3) is 12.9. The number of piperazine rings is 1. The number of nitro benzene ring substituents is 1. The zero-order valence-electron chi connectivity index (χ0n) is 46.9. The molecule has 0 spiro atoms. The van der Waals surface area contributed by atoms with Gasteiger partial charge in [0.15, 0.2) is 0 Å². The van der Waals surface area contributed by atoms with Crippen molar-refractivity contribution in [1.82, 2.24) is 34.7 Å². The Balaban J connectivity index is 0.721. The number of sulfonamides is 1. The Morgan fingerprint density at radius 1 is 0.929 bits per heavy atom. The van der Waals surface area contributed by atoms with Gasteiger partial charge in [0.2, 0.25) is 17.7 Å². The Bertz CT molecular complexity index is 3830. The summed E-state index contributed by atoms with van der Waals surface area (Å²) in [6.45, 7) is 9.48. The number of allylic oxidation sites excluding steroid dienone is 1. The van der Waals surface area contributed by atoms with E-state index in [9.17, 15) is 47.3 Å². The molecule has 0 saturated carbocycles. The number of imide groups is 2. The van der Waals surface area contributed by atoms with E-state index in [1.165, 1.54) is 58.9 Å². The van der Waals surface area contributed by atoms with E-state index in [4.69, 9.17) is 16.3 Å². The molecular weight excluding hydrogens is 1150 g/mol. The monoisotopic (exact) mass is 1210 g/mol. The van der Waals surface area contributed by atoms with Crippen molar-refractivity contribution in [1.29, 1.82) is 0 Å². The van der Waals surface area contributed by atoms with Crippen LogP contribution in [0.1, 0.15) is 102 Å². The predicted molar refractivity (Wildman–Crippen MR) is 321 cm³/mol. The highest BCUT2D eigenvalue weighted by atomic mass is 35.5. The van der Waals surface area contributed by atoms with Gasteiger partial charge in [0.05, 0.1) is 32.7 Å². The third-order valence-electron chi connectivity index (χ3n) is 16.5. The van der Waals surface area contributed by atoms with Crippen LogP contribution < -0.4 is 25.0 Å². The number of hydrogen-bond acceptors (Lipinski definition) is 16. The number of anilines is 2. The number of aromatic amines is 1. The molecule has 6 heterocycles. The highest BCUT2D eigenvalue weighted by molar-refractivity contribution is 7.99. The molecule has 2 unspecified atom stereocenters. The molecule has 85 heavy (non-hydrogen) atoms. The molecule has 1 aliphatic carbocycles. The molecule has 11 rings (SSSR count). The Hall–Kier alpha value is -8.12. The smallest absolute Gasteiger partial charge is 0.293 e. The number of aromatic nitrogens is 2. The van der Waals surface area contributed by atoms with Crippen molar-refractivity contribution in [2.24, 2.45) is 11.3 Å². The van der Waals surface area contributed by atoms with Crippen molar-refractivity contribution in [3.05, 3.63) is 146 Å². The number of fused-ring (bicyclic) bond motifs is 2. The lowest BCUT2D eigenvalue weighted by Crippen LogP contribution is -2.54. The van der Waals surface area contributed by atoms with Crippen molar-refractivity contribution in [2.45, 2.75) is 81.0 Å². The Kier molecular flexibility index (Phi) is 16.9. The lowest BCUT2D eigenvalue weighted by molar-refractivity contribution is -0.384. The van der Waals surface area contributed by atoms with E-state index >= 15 is 0 Å². The second-order valence-corrected chi connectivity index (χ2v) is 26.1.